The van der Waals surface area contributed by atoms with Crippen LogP contribution in [0.2, 0.25) is 0 Å². The van der Waals surface area contributed by atoms with Gasteiger partial charge in [-0.15, -0.1) is 0 Å². The molecule has 10 atom stereocenters. The summed E-state index contributed by atoms with van der Waals surface area (Å²) in [4.78, 5) is 24.1. The van der Waals surface area contributed by atoms with Gasteiger partial charge in [0.15, 0.2) is 0 Å². The molecule has 4 saturated carbocycles. The number of aliphatic hydroxyl groups excluding tert-OH is 1. The Morgan fingerprint density at radius 2 is 1.74 bits per heavy atom. The van der Waals surface area contributed by atoms with Crippen LogP contribution < -0.4 is 5.32 Å². The van der Waals surface area contributed by atoms with E-state index >= 15 is 0 Å². The number of ether oxygens (including phenoxy) is 1. The van der Waals surface area contributed by atoms with E-state index in [1.165, 1.54) is 32.1 Å². The minimum atomic E-state index is -0.159. The lowest BCUT2D eigenvalue weighted by Gasteiger charge is -2.62. The third-order valence-corrected chi connectivity index (χ3v) is 10.9. The van der Waals surface area contributed by atoms with Crippen LogP contribution in [0, 0.1) is 46.3 Å². The number of fused-ring (bicyclic) bond motifs is 5. The van der Waals surface area contributed by atoms with E-state index in [0.717, 1.165) is 32.1 Å². The first kappa shape index (κ1) is 28.5. The van der Waals surface area contributed by atoms with Crippen molar-refractivity contribution in [2.45, 2.75) is 124 Å². The van der Waals surface area contributed by atoms with E-state index < -0.39 is 0 Å². The molecule has 0 aliphatic heterocycles. The van der Waals surface area contributed by atoms with Gasteiger partial charge in [-0.25, -0.2) is 0 Å². The summed E-state index contributed by atoms with van der Waals surface area (Å²) in [5, 5.41) is 13.1. The Morgan fingerprint density at radius 3 is 2.37 bits per heavy atom. The standard InChI is InChI=1S/C27H45NO4.C3H8/c1-16(6-11-25(31)28-5)21-9-10-22-20-8-7-18-14-19(30)12-13-26(18,3)23(20)15-24(27(21,22)4)32-17(2)29;1-3-2/h16,18-24,30H,6-15H2,1-5H3,(H,28,31);3H2,1-2H3/t16-,18?,19+,20?,21?,22?,23?,24+,26+,27-;/m1./s1. The second-order valence-corrected chi connectivity index (χ2v) is 12.9. The van der Waals surface area contributed by atoms with Crippen molar-refractivity contribution in [1.29, 1.82) is 0 Å². The molecule has 0 saturated heterocycles. The molecule has 202 valence electrons. The van der Waals surface area contributed by atoms with Crippen LogP contribution in [0.3, 0.4) is 0 Å². The third kappa shape index (κ3) is 5.45. The summed E-state index contributed by atoms with van der Waals surface area (Å²) < 4.78 is 6.16. The molecule has 5 nitrogen and oxygen atoms in total. The van der Waals surface area contributed by atoms with E-state index in [-0.39, 0.29) is 34.9 Å². The van der Waals surface area contributed by atoms with Gasteiger partial charge < -0.3 is 15.2 Å². The zero-order chi connectivity index (χ0) is 26.0. The van der Waals surface area contributed by atoms with E-state index in [4.69, 9.17) is 4.74 Å². The van der Waals surface area contributed by atoms with Gasteiger partial charge in [-0.05, 0) is 98.7 Å². The molecular weight excluding hydrogens is 438 g/mol. The normalized spacial score (nSPS) is 42.9. The van der Waals surface area contributed by atoms with Crippen LogP contribution >= 0.6 is 0 Å². The second-order valence-electron chi connectivity index (χ2n) is 12.9. The summed E-state index contributed by atoms with van der Waals surface area (Å²) in [5.41, 5.74) is 0.247. The predicted molar refractivity (Wildman–Crippen MR) is 141 cm³/mol. The summed E-state index contributed by atoms with van der Waals surface area (Å²) in [6.45, 7) is 13.0. The molecule has 5 heteroatoms. The average Bonchev–Trinajstić information content (AvgIpc) is 3.17. The molecule has 0 aromatic carbocycles. The second kappa shape index (κ2) is 11.5. The number of rotatable bonds is 5. The first-order chi connectivity index (χ1) is 16.5. The summed E-state index contributed by atoms with van der Waals surface area (Å²) in [7, 11) is 1.71. The van der Waals surface area contributed by atoms with E-state index in [1.807, 2.05) is 0 Å². The van der Waals surface area contributed by atoms with Crippen molar-refractivity contribution in [2.24, 2.45) is 46.3 Å². The van der Waals surface area contributed by atoms with Crippen molar-refractivity contribution in [3.05, 3.63) is 0 Å². The molecule has 4 rings (SSSR count). The number of amides is 1. The fraction of sp³-hybridized carbons (Fsp3) is 0.933. The van der Waals surface area contributed by atoms with Crippen molar-refractivity contribution < 1.29 is 19.4 Å². The van der Waals surface area contributed by atoms with Crippen LogP contribution in [0.1, 0.15) is 112 Å². The first-order valence-corrected chi connectivity index (χ1v) is 14.6. The van der Waals surface area contributed by atoms with Crippen LogP contribution in [0.15, 0.2) is 0 Å². The van der Waals surface area contributed by atoms with Gasteiger partial charge in [-0.1, -0.05) is 41.0 Å². The number of aliphatic hydroxyl groups is 1. The number of hydrogen-bond donors (Lipinski definition) is 2. The third-order valence-electron chi connectivity index (χ3n) is 10.9. The highest BCUT2D eigenvalue weighted by molar-refractivity contribution is 5.75. The fourth-order valence-corrected chi connectivity index (χ4v) is 9.19. The molecule has 0 aromatic rings. The van der Waals surface area contributed by atoms with E-state index in [0.29, 0.717) is 41.9 Å². The Bertz CT molecular complexity index is 740. The Hall–Kier alpha value is -1.10. The average molecular weight is 492 g/mol. The molecule has 0 aromatic heterocycles. The topological polar surface area (TPSA) is 75.6 Å². The van der Waals surface area contributed by atoms with Crippen LogP contribution in [-0.2, 0) is 14.3 Å². The zero-order valence-electron chi connectivity index (χ0n) is 23.6. The quantitative estimate of drug-likeness (QED) is 0.454. The smallest absolute Gasteiger partial charge is 0.302 e. The lowest BCUT2D eigenvalue weighted by Crippen LogP contribution is -2.59. The highest BCUT2D eigenvalue weighted by atomic mass is 16.5. The molecule has 5 unspecified atom stereocenters. The number of esters is 1. The highest BCUT2D eigenvalue weighted by Crippen LogP contribution is 2.68. The molecule has 0 radical (unpaired) electrons. The lowest BCUT2D eigenvalue weighted by atomic mass is 9.43. The Balaban J connectivity index is 0.00000108. The molecule has 1 amide bonds. The minimum absolute atomic E-state index is 0.00762. The number of hydrogen-bond acceptors (Lipinski definition) is 4. The van der Waals surface area contributed by atoms with Crippen LogP contribution in [0.4, 0.5) is 0 Å². The van der Waals surface area contributed by atoms with E-state index in [2.05, 4.69) is 39.9 Å². The van der Waals surface area contributed by atoms with Crippen LogP contribution in [-0.4, -0.2) is 36.2 Å². The van der Waals surface area contributed by atoms with Crippen molar-refractivity contribution in [3.63, 3.8) is 0 Å². The summed E-state index contributed by atoms with van der Waals surface area (Å²) in [5.74, 6) is 3.34. The first-order valence-electron chi connectivity index (χ1n) is 14.6. The Labute approximate surface area is 214 Å². The van der Waals surface area contributed by atoms with Gasteiger partial charge in [0.05, 0.1) is 6.10 Å². The van der Waals surface area contributed by atoms with Gasteiger partial charge in [-0.3, -0.25) is 9.59 Å². The van der Waals surface area contributed by atoms with E-state index in [9.17, 15) is 14.7 Å². The van der Waals surface area contributed by atoms with Crippen LogP contribution in [0.5, 0.6) is 0 Å². The maximum atomic E-state index is 12.2. The number of nitrogens with one attached hydrogen (secondary N) is 1. The van der Waals surface area contributed by atoms with Gasteiger partial charge >= 0.3 is 5.97 Å². The van der Waals surface area contributed by atoms with Gasteiger partial charge in [0.1, 0.15) is 6.10 Å². The molecule has 2 N–H and O–H groups in total. The summed E-state index contributed by atoms with van der Waals surface area (Å²) >= 11 is 0. The molecule has 35 heavy (non-hydrogen) atoms. The van der Waals surface area contributed by atoms with Crippen molar-refractivity contribution in [3.8, 4) is 0 Å². The minimum Gasteiger partial charge on any atom is -0.462 e. The Kier molecular flexibility index (Phi) is 9.37. The van der Waals surface area contributed by atoms with Crippen molar-refractivity contribution >= 4 is 11.9 Å². The van der Waals surface area contributed by atoms with Gasteiger partial charge in [0.2, 0.25) is 5.91 Å². The number of carbonyl (C=O) groups excluding carboxylic acids is 2. The maximum Gasteiger partial charge on any atom is 0.302 e. The van der Waals surface area contributed by atoms with Crippen LogP contribution in [0.25, 0.3) is 0 Å². The Morgan fingerprint density at radius 1 is 1.06 bits per heavy atom. The highest BCUT2D eigenvalue weighted by Gasteiger charge is 2.64. The van der Waals surface area contributed by atoms with Gasteiger partial charge in [0.25, 0.3) is 0 Å². The largest absolute Gasteiger partial charge is 0.462 e. The van der Waals surface area contributed by atoms with E-state index in [1.54, 1.807) is 14.0 Å². The number of carbonyl (C=O) groups is 2. The monoisotopic (exact) mass is 491 g/mol. The zero-order valence-corrected chi connectivity index (χ0v) is 23.6. The fourth-order valence-electron chi connectivity index (χ4n) is 9.19. The lowest BCUT2D eigenvalue weighted by molar-refractivity contribution is -0.196. The van der Waals surface area contributed by atoms with Gasteiger partial charge in [-0.2, -0.15) is 0 Å². The summed E-state index contributed by atoms with van der Waals surface area (Å²) in [6, 6.07) is 0. The molecule has 0 heterocycles. The molecule has 4 aliphatic rings. The molecule has 4 fully saturated rings. The molecule has 0 spiro atoms. The van der Waals surface area contributed by atoms with Crippen molar-refractivity contribution in [1.82, 2.24) is 5.32 Å². The molecular formula is C30H53NO4. The van der Waals surface area contributed by atoms with Crippen molar-refractivity contribution in [2.75, 3.05) is 7.05 Å². The summed E-state index contributed by atoms with van der Waals surface area (Å²) in [6.07, 6.45) is 11.3. The van der Waals surface area contributed by atoms with Gasteiger partial charge in [0, 0.05) is 25.8 Å². The SMILES string of the molecule is CCC.CNC(=O)CC[C@@H](C)C1CCC2C3CCC4C[C@@H](O)CC[C@]4(C)C3C[C@H](OC(C)=O)[C@@]21C. The predicted octanol–water partition coefficient (Wildman–Crippen LogP) is 6.13. The molecule has 4 aliphatic carbocycles. The maximum absolute atomic E-state index is 12.2. The molecule has 0 bridgehead atoms.